The molecule has 0 amide bonds. The molecule has 0 aliphatic heterocycles. The lowest BCUT2D eigenvalue weighted by Gasteiger charge is -2.17. The van der Waals surface area contributed by atoms with Gasteiger partial charge in [-0.15, -0.1) is 5.10 Å². The monoisotopic (exact) mass is 280 g/mol. The number of hydrogen-bond acceptors (Lipinski definition) is 5. The zero-order valence-corrected chi connectivity index (χ0v) is 12.0. The summed E-state index contributed by atoms with van der Waals surface area (Å²) in [4.78, 5) is 8.72. The van der Waals surface area contributed by atoms with Gasteiger partial charge >= 0.3 is 0 Å². The van der Waals surface area contributed by atoms with Crippen molar-refractivity contribution in [2.75, 3.05) is 11.9 Å². The van der Waals surface area contributed by atoms with Gasteiger partial charge in [-0.1, -0.05) is 37.6 Å². The van der Waals surface area contributed by atoms with Crippen LogP contribution in [-0.2, 0) is 12.0 Å². The Hall–Kier alpha value is -1.69. The van der Waals surface area contributed by atoms with Gasteiger partial charge in [0.2, 0.25) is 0 Å². The van der Waals surface area contributed by atoms with Crippen molar-refractivity contribution in [3.05, 3.63) is 29.4 Å². The zero-order valence-electron chi connectivity index (χ0n) is 11.3. The van der Waals surface area contributed by atoms with E-state index in [1.165, 1.54) is 0 Å². The van der Waals surface area contributed by atoms with Gasteiger partial charge in [0.1, 0.15) is 16.8 Å². The Kier molecular flexibility index (Phi) is 3.99. The van der Waals surface area contributed by atoms with Crippen molar-refractivity contribution in [1.82, 2.24) is 25.0 Å². The number of rotatable bonds is 4. The number of anilines is 1. The van der Waals surface area contributed by atoms with E-state index in [1.807, 2.05) is 6.20 Å². The highest BCUT2D eigenvalue weighted by Crippen LogP contribution is 2.22. The lowest BCUT2D eigenvalue weighted by Crippen LogP contribution is -2.18. The van der Waals surface area contributed by atoms with Gasteiger partial charge in [-0.3, -0.25) is 4.68 Å². The third-order valence-corrected chi connectivity index (χ3v) is 2.68. The maximum Gasteiger partial charge on any atom is 0.137 e. The Morgan fingerprint density at radius 2 is 2.11 bits per heavy atom. The lowest BCUT2D eigenvalue weighted by atomic mass is 9.96. The molecule has 6 nitrogen and oxygen atoms in total. The van der Waals surface area contributed by atoms with Crippen LogP contribution in [0, 0.1) is 0 Å². The van der Waals surface area contributed by atoms with Crippen molar-refractivity contribution in [3.8, 4) is 0 Å². The van der Waals surface area contributed by atoms with E-state index in [0.717, 1.165) is 11.6 Å². The maximum atomic E-state index is 6.02. The van der Waals surface area contributed by atoms with Crippen molar-refractivity contribution in [3.63, 3.8) is 0 Å². The first-order valence-electron chi connectivity index (χ1n) is 6.08. The van der Waals surface area contributed by atoms with E-state index in [-0.39, 0.29) is 5.41 Å². The van der Waals surface area contributed by atoms with E-state index in [2.05, 4.69) is 46.4 Å². The summed E-state index contributed by atoms with van der Waals surface area (Å²) in [5, 5.41) is 11.3. The van der Waals surface area contributed by atoms with Crippen LogP contribution < -0.4 is 5.32 Å². The Morgan fingerprint density at radius 1 is 1.32 bits per heavy atom. The van der Waals surface area contributed by atoms with Crippen molar-refractivity contribution < 1.29 is 0 Å². The molecule has 0 bridgehead atoms. The predicted molar refractivity (Wildman–Crippen MR) is 74.3 cm³/mol. The van der Waals surface area contributed by atoms with Gasteiger partial charge in [0.25, 0.3) is 0 Å². The second-order valence-corrected chi connectivity index (χ2v) is 5.63. The quantitative estimate of drug-likeness (QED) is 0.869. The third kappa shape index (κ3) is 3.89. The summed E-state index contributed by atoms with van der Waals surface area (Å²) in [6.07, 6.45) is 3.47. The van der Waals surface area contributed by atoms with Crippen LogP contribution in [0.2, 0.25) is 5.15 Å². The van der Waals surface area contributed by atoms with Gasteiger partial charge in [0, 0.05) is 24.2 Å². The molecule has 102 valence electrons. The largest absolute Gasteiger partial charge is 0.368 e. The SMILES string of the molecule is CC(C)(C)c1nc(Cl)cc(NCCn2ccnn2)n1. The second kappa shape index (κ2) is 5.52. The highest BCUT2D eigenvalue weighted by Gasteiger charge is 2.18. The normalized spacial score (nSPS) is 11.6. The fraction of sp³-hybridized carbons (Fsp3) is 0.500. The molecule has 0 saturated heterocycles. The van der Waals surface area contributed by atoms with E-state index >= 15 is 0 Å². The van der Waals surface area contributed by atoms with Crippen LogP contribution in [0.3, 0.4) is 0 Å². The minimum atomic E-state index is -0.132. The van der Waals surface area contributed by atoms with Crippen LogP contribution in [0.1, 0.15) is 26.6 Å². The molecule has 2 heterocycles. The lowest BCUT2D eigenvalue weighted by molar-refractivity contribution is 0.545. The maximum absolute atomic E-state index is 6.02. The van der Waals surface area contributed by atoms with Crippen LogP contribution in [0.4, 0.5) is 5.82 Å². The Bertz CT molecular complexity index is 532. The van der Waals surface area contributed by atoms with E-state index in [1.54, 1.807) is 16.9 Å². The molecule has 2 aromatic rings. The fourth-order valence-electron chi connectivity index (χ4n) is 1.49. The Balaban J connectivity index is 2.02. The number of aromatic nitrogens is 5. The molecule has 7 heteroatoms. The van der Waals surface area contributed by atoms with Crippen molar-refractivity contribution in [1.29, 1.82) is 0 Å². The summed E-state index contributed by atoms with van der Waals surface area (Å²) >= 11 is 6.02. The number of nitrogens with zero attached hydrogens (tertiary/aromatic N) is 5. The van der Waals surface area contributed by atoms with Crippen LogP contribution in [0.5, 0.6) is 0 Å². The van der Waals surface area contributed by atoms with Crippen molar-refractivity contribution in [2.45, 2.75) is 32.7 Å². The molecule has 0 atom stereocenters. The molecular formula is C12H17ClN6. The first kappa shape index (κ1) is 13.7. The molecule has 0 spiro atoms. The molecular weight excluding hydrogens is 264 g/mol. The topological polar surface area (TPSA) is 68.5 Å². The second-order valence-electron chi connectivity index (χ2n) is 5.24. The van der Waals surface area contributed by atoms with Crippen LogP contribution in [-0.4, -0.2) is 31.5 Å². The molecule has 0 aliphatic rings. The van der Waals surface area contributed by atoms with Gasteiger partial charge in [0.05, 0.1) is 12.7 Å². The summed E-state index contributed by atoms with van der Waals surface area (Å²) in [6.45, 7) is 7.57. The van der Waals surface area contributed by atoms with E-state index < -0.39 is 0 Å². The van der Waals surface area contributed by atoms with Gasteiger partial charge in [-0.25, -0.2) is 9.97 Å². The van der Waals surface area contributed by atoms with Crippen molar-refractivity contribution in [2.24, 2.45) is 0 Å². The van der Waals surface area contributed by atoms with Gasteiger partial charge in [-0.2, -0.15) is 0 Å². The summed E-state index contributed by atoms with van der Waals surface area (Å²) < 4.78 is 1.75. The molecule has 19 heavy (non-hydrogen) atoms. The minimum absolute atomic E-state index is 0.132. The van der Waals surface area contributed by atoms with Crippen LogP contribution >= 0.6 is 11.6 Å². The van der Waals surface area contributed by atoms with Gasteiger partial charge in [-0.05, 0) is 0 Å². The first-order valence-corrected chi connectivity index (χ1v) is 6.46. The third-order valence-electron chi connectivity index (χ3n) is 2.48. The molecule has 0 unspecified atom stereocenters. The molecule has 0 aromatic carbocycles. The van der Waals surface area contributed by atoms with E-state index in [9.17, 15) is 0 Å². The van der Waals surface area contributed by atoms with Crippen LogP contribution in [0.25, 0.3) is 0 Å². The summed E-state index contributed by atoms with van der Waals surface area (Å²) in [5.41, 5.74) is -0.132. The summed E-state index contributed by atoms with van der Waals surface area (Å²) in [6, 6.07) is 1.72. The zero-order chi connectivity index (χ0) is 13.9. The highest BCUT2D eigenvalue weighted by atomic mass is 35.5. The molecule has 0 fully saturated rings. The Morgan fingerprint density at radius 3 is 2.74 bits per heavy atom. The molecule has 0 aliphatic carbocycles. The highest BCUT2D eigenvalue weighted by molar-refractivity contribution is 6.29. The molecule has 2 aromatic heterocycles. The van der Waals surface area contributed by atoms with Gasteiger partial charge < -0.3 is 5.32 Å². The average molecular weight is 281 g/mol. The molecule has 2 rings (SSSR count). The van der Waals surface area contributed by atoms with E-state index in [0.29, 0.717) is 18.2 Å². The van der Waals surface area contributed by atoms with Gasteiger partial charge in [0.15, 0.2) is 0 Å². The Labute approximate surface area is 117 Å². The first-order chi connectivity index (χ1) is 8.95. The number of halogens is 1. The summed E-state index contributed by atoms with van der Waals surface area (Å²) in [5.74, 6) is 1.45. The summed E-state index contributed by atoms with van der Waals surface area (Å²) in [7, 11) is 0. The fourth-order valence-corrected chi connectivity index (χ4v) is 1.68. The smallest absolute Gasteiger partial charge is 0.137 e. The van der Waals surface area contributed by atoms with E-state index in [4.69, 9.17) is 11.6 Å². The predicted octanol–water partition coefficient (Wildman–Crippen LogP) is 2.13. The molecule has 0 saturated carbocycles. The molecule has 1 N–H and O–H groups in total. The van der Waals surface area contributed by atoms with Crippen LogP contribution in [0.15, 0.2) is 18.5 Å². The van der Waals surface area contributed by atoms with Crippen molar-refractivity contribution >= 4 is 17.4 Å². The standard InChI is InChI=1S/C12H17ClN6/c1-12(2,3)11-16-9(13)8-10(17-11)14-4-6-19-7-5-15-18-19/h5,7-8H,4,6H2,1-3H3,(H,14,16,17). The number of nitrogens with one attached hydrogen (secondary N) is 1. The molecule has 0 radical (unpaired) electrons. The minimum Gasteiger partial charge on any atom is -0.368 e. The average Bonchev–Trinajstić information content (AvgIpc) is 2.80. The number of hydrogen-bond donors (Lipinski definition) is 1.